The second-order valence-corrected chi connectivity index (χ2v) is 11.8. The van der Waals surface area contributed by atoms with Gasteiger partial charge in [-0.25, -0.2) is 0 Å². The zero-order valence-corrected chi connectivity index (χ0v) is 26.4. The molecule has 0 saturated carbocycles. The van der Waals surface area contributed by atoms with Gasteiger partial charge in [0.1, 0.15) is 29.9 Å². The van der Waals surface area contributed by atoms with Crippen LogP contribution in [0.2, 0.25) is 0 Å². The average molecular weight is 634 g/mol. The fourth-order valence-electron chi connectivity index (χ4n) is 4.35. The van der Waals surface area contributed by atoms with Crippen LogP contribution in [-0.4, -0.2) is 89.4 Å². The molecule has 0 spiro atoms. The van der Waals surface area contributed by atoms with E-state index in [1.807, 2.05) is 27.7 Å². The number of rotatable bonds is 20. The van der Waals surface area contributed by atoms with Crippen LogP contribution >= 0.6 is 0 Å². The van der Waals surface area contributed by atoms with E-state index in [9.17, 15) is 34.2 Å². The van der Waals surface area contributed by atoms with Gasteiger partial charge in [0.15, 0.2) is 5.96 Å². The summed E-state index contributed by atoms with van der Waals surface area (Å²) >= 11 is 0. The van der Waals surface area contributed by atoms with Crippen molar-refractivity contribution in [2.45, 2.75) is 90.0 Å². The van der Waals surface area contributed by atoms with Gasteiger partial charge in [-0.15, -0.1) is 0 Å². The van der Waals surface area contributed by atoms with Gasteiger partial charge in [-0.3, -0.25) is 29.4 Å². The first-order valence-corrected chi connectivity index (χ1v) is 15.0. The number of aromatic hydroxyl groups is 1. The molecule has 45 heavy (non-hydrogen) atoms. The molecular weight excluding hydrogens is 584 g/mol. The fourth-order valence-corrected chi connectivity index (χ4v) is 4.35. The molecule has 0 aromatic heterocycles. The van der Waals surface area contributed by atoms with Crippen molar-refractivity contribution in [2.75, 3.05) is 13.2 Å². The van der Waals surface area contributed by atoms with Crippen LogP contribution in [0.5, 0.6) is 5.75 Å². The summed E-state index contributed by atoms with van der Waals surface area (Å²) in [5, 5.41) is 39.2. The number of phenolic OH excluding ortho intramolecular Hbond substituents is 1. The van der Waals surface area contributed by atoms with Crippen LogP contribution in [0.3, 0.4) is 0 Å². The Labute approximate surface area is 264 Å². The van der Waals surface area contributed by atoms with E-state index in [0.29, 0.717) is 18.5 Å². The van der Waals surface area contributed by atoms with Crippen molar-refractivity contribution < 1.29 is 34.2 Å². The van der Waals surface area contributed by atoms with Crippen LogP contribution < -0.4 is 38.1 Å². The summed E-state index contributed by atoms with van der Waals surface area (Å²) in [6.07, 6.45) is 2.89. The molecule has 15 nitrogen and oxygen atoms in total. The van der Waals surface area contributed by atoms with E-state index >= 15 is 0 Å². The number of aliphatic hydroxyl groups is 1. The summed E-state index contributed by atoms with van der Waals surface area (Å²) in [7, 11) is 0. The largest absolute Gasteiger partial charge is 0.508 e. The highest BCUT2D eigenvalue weighted by Gasteiger charge is 2.32. The van der Waals surface area contributed by atoms with E-state index in [1.54, 1.807) is 18.4 Å². The number of guanidine groups is 1. The Morgan fingerprint density at radius 1 is 0.844 bits per heavy atom. The number of amides is 4. The van der Waals surface area contributed by atoms with Crippen LogP contribution in [0.25, 0.3) is 0 Å². The van der Waals surface area contributed by atoms with Gasteiger partial charge in [0.2, 0.25) is 29.9 Å². The topological polar surface area (TPSA) is 262 Å². The Morgan fingerprint density at radius 3 is 1.80 bits per heavy atom. The summed E-state index contributed by atoms with van der Waals surface area (Å²) in [6.45, 7) is 7.12. The Kier molecular flexibility index (Phi) is 17.2. The molecule has 0 unspecified atom stereocenters. The van der Waals surface area contributed by atoms with Crippen LogP contribution in [0, 0.1) is 17.2 Å². The van der Waals surface area contributed by atoms with Crippen molar-refractivity contribution >= 4 is 35.9 Å². The molecule has 0 saturated heterocycles. The maximum Gasteiger partial charge on any atom is 0.243 e. The van der Waals surface area contributed by atoms with Gasteiger partial charge < -0.3 is 48.3 Å². The number of phenols is 1. The quantitative estimate of drug-likeness (QED) is 0.0459. The highest BCUT2D eigenvalue weighted by atomic mass is 16.3. The van der Waals surface area contributed by atoms with E-state index in [2.05, 4.69) is 26.6 Å². The SMILES string of the molecule is CC(C)C[C@H](NC(=O)[C@@H](CC(C)C)NC(=O)[C@H](Cc1ccc(O)cc1)NC(=O)[C@@H](N)CO)C(=O)N[C@H]([C]=O)CCCNC(=N)N. The van der Waals surface area contributed by atoms with E-state index in [1.165, 1.54) is 12.1 Å². The minimum Gasteiger partial charge on any atom is -0.508 e. The molecule has 4 amide bonds. The van der Waals surface area contributed by atoms with Crippen molar-refractivity contribution in [1.29, 1.82) is 5.41 Å². The van der Waals surface area contributed by atoms with Gasteiger partial charge in [-0.05, 0) is 55.2 Å². The van der Waals surface area contributed by atoms with Crippen molar-refractivity contribution in [3.05, 3.63) is 29.8 Å². The third-order valence-electron chi connectivity index (χ3n) is 6.67. The van der Waals surface area contributed by atoms with Crippen molar-refractivity contribution in [3.8, 4) is 5.75 Å². The highest BCUT2D eigenvalue weighted by molar-refractivity contribution is 5.95. The molecule has 1 rings (SSSR count). The second kappa shape index (κ2) is 19.9. The van der Waals surface area contributed by atoms with Gasteiger partial charge in [0.05, 0.1) is 12.6 Å². The predicted octanol–water partition coefficient (Wildman–Crippen LogP) is -1.34. The molecule has 1 radical (unpaired) electrons. The molecule has 0 fully saturated rings. The van der Waals surface area contributed by atoms with Gasteiger partial charge >= 0.3 is 0 Å². The normalized spacial score (nSPS) is 14.4. The number of nitrogens with one attached hydrogen (secondary N) is 6. The molecule has 1 aromatic carbocycles. The fraction of sp³-hybridized carbons (Fsp3) is 0.600. The van der Waals surface area contributed by atoms with Crippen molar-refractivity contribution in [3.63, 3.8) is 0 Å². The van der Waals surface area contributed by atoms with Gasteiger partial charge in [0.25, 0.3) is 0 Å². The first kappa shape index (κ1) is 38.8. The summed E-state index contributed by atoms with van der Waals surface area (Å²) in [5.41, 5.74) is 11.5. The lowest BCUT2D eigenvalue weighted by molar-refractivity contribution is -0.134. The first-order valence-electron chi connectivity index (χ1n) is 15.0. The second-order valence-electron chi connectivity index (χ2n) is 11.8. The van der Waals surface area contributed by atoms with Gasteiger partial charge in [-0.2, -0.15) is 0 Å². The Bertz CT molecular complexity index is 1130. The summed E-state index contributed by atoms with van der Waals surface area (Å²) < 4.78 is 0. The zero-order valence-electron chi connectivity index (χ0n) is 26.4. The molecular formula is C30H49N8O7. The minimum absolute atomic E-state index is 0.00405. The zero-order chi connectivity index (χ0) is 34.1. The lowest BCUT2D eigenvalue weighted by atomic mass is 9.99. The Hall–Kier alpha value is -4.24. The van der Waals surface area contributed by atoms with Crippen LogP contribution in [0.15, 0.2) is 24.3 Å². The summed E-state index contributed by atoms with van der Waals surface area (Å²) in [4.78, 5) is 64.2. The lowest BCUT2D eigenvalue weighted by Crippen LogP contribution is -2.59. The maximum atomic E-state index is 13.5. The number of hydrogen-bond donors (Lipinski definition) is 10. The molecule has 0 heterocycles. The number of aliphatic hydroxyl groups excluding tert-OH is 1. The Balaban J connectivity index is 3.12. The van der Waals surface area contributed by atoms with E-state index in [-0.39, 0.29) is 49.2 Å². The molecule has 5 atom stereocenters. The number of benzene rings is 1. The number of carbonyl (C=O) groups excluding carboxylic acids is 5. The maximum absolute atomic E-state index is 13.5. The van der Waals surface area contributed by atoms with Crippen LogP contribution in [-0.2, 0) is 30.4 Å². The first-order chi connectivity index (χ1) is 21.2. The minimum atomic E-state index is -1.27. The third kappa shape index (κ3) is 15.4. The molecule has 0 aliphatic heterocycles. The van der Waals surface area contributed by atoms with Crippen LogP contribution in [0.4, 0.5) is 0 Å². The molecule has 0 bridgehead atoms. The number of hydrogen-bond acceptors (Lipinski definition) is 9. The van der Waals surface area contributed by atoms with E-state index in [0.717, 1.165) is 0 Å². The molecule has 15 heteroatoms. The highest BCUT2D eigenvalue weighted by Crippen LogP contribution is 2.13. The lowest BCUT2D eigenvalue weighted by Gasteiger charge is -2.27. The molecule has 0 aliphatic rings. The van der Waals surface area contributed by atoms with Crippen LogP contribution in [0.1, 0.15) is 58.9 Å². The predicted molar refractivity (Wildman–Crippen MR) is 168 cm³/mol. The standard InChI is InChI=1S/C30H49N8O7/c1-17(2)12-23(27(43)35-20(15-39)6-5-11-34-30(32)33)37-28(44)24(13-18(3)4)38-29(45)25(36-26(42)22(31)16-40)14-19-7-9-21(41)10-8-19/h7-10,17-18,20,22-25,40-41H,5-6,11-14,16,31H2,1-4H3,(H,35,43)(H,36,42)(H,37,44)(H,38,45)(H4,32,33,34)/t20-,22-,23-,24+,25-/m0/s1. The van der Waals surface area contributed by atoms with Gasteiger partial charge in [0, 0.05) is 13.0 Å². The van der Waals surface area contributed by atoms with E-state index in [4.69, 9.17) is 16.9 Å². The molecule has 12 N–H and O–H groups in total. The summed E-state index contributed by atoms with van der Waals surface area (Å²) in [5.74, 6) is -2.94. The monoisotopic (exact) mass is 633 g/mol. The van der Waals surface area contributed by atoms with E-state index < -0.39 is 60.4 Å². The van der Waals surface area contributed by atoms with Crippen molar-refractivity contribution in [1.82, 2.24) is 26.6 Å². The summed E-state index contributed by atoms with van der Waals surface area (Å²) in [6, 6.07) is 0.491. The molecule has 1 aromatic rings. The van der Waals surface area contributed by atoms with Gasteiger partial charge in [-0.1, -0.05) is 39.8 Å². The molecule has 0 aliphatic carbocycles. The average Bonchev–Trinajstić information content (AvgIpc) is 2.97. The number of nitrogens with two attached hydrogens (primary N) is 2. The smallest absolute Gasteiger partial charge is 0.243 e. The third-order valence-corrected chi connectivity index (χ3v) is 6.67. The van der Waals surface area contributed by atoms with Crippen molar-refractivity contribution in [2.24, 2.45) is 23.3 Å². The molecule has 251 valence electrons. The Morgan fingerprint density at radius 2 is 1.33 bits per heavy atom. The number of carbonyl (C=O) groups is 4.